The lowest BCUT2D eigenvalue weighted by Gasteiger charge is -2.23. The average molecular weight is 266 g/mol. The smallest absolute Gasteiger partial charge is 0.158 e. The number of nitrogens with two attached hydrogens (primary N) is 1. The Morgan fingerprint density at radius 3 is 3.16 bits per heavy atom. The van der Waals surface area contributed by atoms with Gasteiger partial charge >= 0.3 is 0 Å². The highest BCUT2D eigenvalue weighted by molar-refractivity contribution is 5.47. The third-order valence-electron chi connectivity index (χ3n) is 2.99. The van der Waals surface area contributed by atoms with Crippen LogP contribution in [0.1, 0.15) is 26.1 Å². The van der Waals surface area contributed by atoms with Crippen LogP contribution in [0, 0.1) is 0 Å². The summed E-state index contributed by atoms with van der Waals surface area (Å²) in [7, 11) is 0. The molecule has 0 aliphatic carbocycles. The van der Waals surface area contributed by atoms with Crippen LogP contribution in [0.25, 0.3) is 0 Å². The van der Waals surface area contributed by atoms with Gasteiger partial charge in [0.15, 0.2) is 5.82 Å². The second-order valence-electron chi connectivity index (χ2n) is 4.69. The molecule has 2 N–H and O–H groups in total. The molecule has 6 nitrogen and oxygen atoms in total. The van der Waals surface area contributed by atoms with Crippen molar-refractivity contribution in [3.63, 3.8) is 0 Å². The minimum atomic E-state index is 0.203. The van der Waals surface area contributed by atoms with E-state index >= 15 is 0 Å². The Morgan fingerprint density at radius 2 is 2.37 bits per heavy atom. The minimum Gasteiger partial charge on any atom is -0.384 e. The topological polar surface area (TPSA) is 73.5 Å². The van der Waals surface area contributed by atoms with Crippen molar-refractivity contribution in [2.75, 3.05) is 36.9 Å². The van der Waals surface area contributed by atoms with Gasteiger partial charge in [-0.25, -0.2) is 9.97 Å². The van der Waals surface area contributed by atoms with Gasteiger partial charge in [-0.05, 0) is 20.3 Å². The summed E-state index contributed by atoms with van der Waals surface area (Å²) in [6, 6.07) is 1.81. The second-order valence-corrected chi connectivity index (χ2v) is 4.69. The van der Waals surface area contributed by atoms with Crippen LogP contribution in [0.3, 0.4) is 0 Å². The maximum Gasteiger partial charge on any atom is 0.158 e. The van der Waals surface area contributed by atoms with Crippen LogP contribution in [0.15, 0.2) is 6.07 Å². The molecule has 2 heterocycles. The normalized spacial score (nSPS) is 20.3. The van der Waals surface area contributed by atoms with Gasteiger partial charge in [-0.3, -0.25) is 0 Å². The Hall–Kier alpha value is -1.40. The predicted molar refractivity (Wildman–Crippen MR) is 74.0 cm³/mol. The monoisotopic (exact) mass is 266 g/mol. The van der Waals surface area contributed by atoms with Gasteiger partial charge in [0.2, 0.25) is 0 Å². The summed E-state index contributed by atoms with van der Waals surface area (Å²) in [4.78, 5) is 10.9. The van der Waals surface area contributed by atoms with Crippen molar-refractivity contribution in [1.29, 1.82) is 0 Å². The fourth-order valence-corrected chi connectivity index (χ4v) is 2.13. The fourth-order valence-electron chi connectivity index (χ4n) is 2.13. The van der Waals surface area contributed by atoms with Gasteiger partial charge in [-0.2, -0.15) is 0 Å². The fraction of sp³-hybridized carbons (Fsp3) is 0.692. The second kappa shape index (κ2) is 6.68. The molecule has 6 heteroatoms. The first-order chi connectivity index (χ1) is 9.19. The van der Waals surface area contributed by atoms with Crippen molar-refractivity contribution in [1.82, 2.24) is 9.97 Å². The maximum absolute atomic E-state index is 5.85. The number of nitrogens with zero attached hydrogens (tertiary/aromatic N) is 3. The molecular formula is C13H22N4O2. The summed E-state index contributed by atoms with van der Waals surface area (Å²) in [5.74, 6) is 1.98. The van der Waals surface area contributed by atoms with Crippen LogP contribution in [-0.2, 0) is 16.1 Å². The van der Waals surface area contributed by atoms with Crippen molar-refractivity contribution in [2.45, 2.75) is 33.0 Å². The number of nitrogen functional groups attached to an aromatic ring is 1. The van der Waals surface area contributed by atoms with Crippen LogP contribution in [-0.4, -0.2) is 42.4 Å². The molecule has 1 aromatic rings. The summed E-state index contributed by atoms with van der Waals surface area (Å²) in [6.45, 7) is 7.60. The number of hydrogen-bond donors (Lipinski definition) is 1. The first kappa shape index (κ1) is 14.0. The number of anilines is 2. The molecule has 1 aliphatic heterocycles. The zero-order valence-electron chi connectivity index (χ0n) is 11.6. The van der Waals surface area contributed by atoms with Crippen molar-refractivity contribution in [3.8, 4) is 0 Å². The van der Waals surface area contributed by atoms with E-state index in [0.717, 1.165) is 31.9 Å². The van der Waals surface area contributed by atoms with E-state index in [-0.39, 0.29) is 6.10 Å². The standard InChI is InChI=1S/C13H22N4O2/c1-3-18-9-12-15-11(14)7-13(16-12)17-5-4-6-19-10(2)8-17/h7,10H,3-6,8-9H2,1-2H3,(H2,14,15,16). The van der Waals surface area contributed by atoms with E-state index in [2.05, 4.69) is 21.8 Å². The zero-order chi connectivity index (χ0) is 13.7. The SMILES string of the molecule is CCOCc1nc(N)cc(N2CCCOC(C)C2)n1. The van der Waals surface area contributed by atoms with E-state index in [1.807, 2.05) is 13.0 Å². The number of rotatable bonds is 4. The number of ether oxygens (including phenoxy) is 2. The summed E-state index contributed by atoms with van der Waals surface area (Å²) < 4.78 is 11.0. The molecule has 1 aliphatic rings. The summed E-state index contributed by atoms with van der Waals surface area (Å²) in [5.41, 5.74) is 5.85. The van der Waals surface area contributed by atoms with Gasteiger partial charge in [0, 0.05) is 32.4 Å². The molecule has 1 fully saturated rings. The molecule has 19 heavy (non-hydrogen) atoms. The lowest BCUT2D eigenvalue weighted by molar-refractivity contribution is 0.0820. The molecule has 0 aromatic carbocycles. The molecule has 0 spiro atoms. The van der Waals surface area contributed by atoms with E-state index in [0.29, 0.717) is 24.9 Å². The first-order valence-corrected chi connectivity index (χ1v) is 6.76. The van der Waals surface area contributed by atoms with Crippen molar-refractivity contribution in [3.05, 3.63) is 11.9 Å². The average Bonchev–Trinajstić information content (AvgIpc) is 2.60. The first-order valence-electron chi connectivity index (χ1n) is 6.76. The molecule has 0 bridgehead atoms. The largest absolute Gasteiger partial charge is 0.384 e. The van der Waals surface area contributed by atoms with Crippen molar-refractivity contribution < 1.29 is 9.47 Å². The lowest BCUT2D eigenvalue weighted by Crippen LogP contribution is -2.31. The van der Waals surface area contributed by atoms with E-state index in [1.165, 1.54) is 0 Å². The molecule has 1 atom stereocenters. The zero-order valence-corrected chi connectivity index (χ0v) is 11.6. The van der Waals surface area contributed by atoms with E-state index in [1.54, 1.807) is 0 Å². The Balaban J connectivity index is 2.15. The Morgan fingerprint density at radius 1 is 1.53 bits per heavy atom. The number of hydrogen-bond acceptors (Lipinski definition) is 6. The molecule has 106 valence electrons. The van der Waals surface area contributed by atoms with E-state index in [4.69, 9.17) is 15.2 Å². The van der Waals surface area contributed by atoms with Gasteiger partial charge < -0.3 is 20.1 Å². The molecule has 1 unspecified atom stereocenters. The highest BCUT2D eigenvalue weighted by atomic mass is 16.5. The Kier molecular flexibility index (Phi) is 4.93. The number of aromatic nitrogens is 2. The molecule has 2 rings (SSSR count). The van der Waals surface area contributed by atoms with Crippen LogP contribution in [0.5, 0.6) is 0 Å². The van der Waals surface area contributed by atoms with Gasteiger partial charge in [-0.1, -0.05) is 0 Å². The van der Waals surface area contributed by atoms with Crippen LogP contribution in [0.2, 0.25) is 0 Å². The van der Waals surface area contributed by atoms with Crippen molar-refractivity contribution in [2.24, 2.45) is 0 Å². The van der Waals surface area contributed by atoms with E-state index in [9.17, 15) is 0 Å². The van der Waals surface area contributed by atoms with Crippen LogP contribution in [0.4, 0.5) is 11.6 Å². The maximum atomic E-state index is 5.85. The quantitative estimate of drug-likeness (QED) is 0.883. The third kappa shape index (κ3) is 4.04. The highest BCUT2D eigenvalue weighted by Gasteiger charge is 2.17. The van der Waals surface area contributed by atoms with Crippen LogP contribution >= 0.6 is 0 Å². The van der Waals surface area contributed by atoms with Crippen molar-refractivity contribution >= 4 is 11.6 Å². The highest BCUT2D eigenvalue weighted by Crippen LogP contribution is 2.18. The molecule has 0 saturated carbocycles. The summed E-state index contributed by atoms with van der Waals surface area (Å²) in [6.07, 6.45) is 1.20. The Labute approximate surface area is 113 Å². The predicted octanol–water partition coefficient (Wildman–Crippen LogP) is 1.21. The third-order valence-corrected chi connectivity index (χ3v) is 2.99. The van der Waals surface area contributed by atoms with E-state index < -0.39 is 0 Å². The summed E-state index contributed by atoms with van der Waals surface area (Å²) in [5, 5.41) is 0. The van der Waals surface area contributed by atoms with Gasteiger partial charge in [0.05, 0.1) is 6.10 Å². The molecular weight excluding hydrogens is 244 g/mol. The molecule has 1 aromatic heterocycles. The van der Waals surface area contributed by atoms with Crippen LogP contribution < -0.4 is 10.6 Å². The van der Waals surface area contributed by atoms with Gasteiger partial charge in [-0.15, -0.1) is 0 Å². The molecule has 0 amide bonds. The Bertz CT molecular complexity index is 414. The van der Waals surface area contributed by atoms with Gasteiger partial charge in [0.25, 0.3) is 0 Å². The minimum absolute atomic E-state index is 0.203. The lowest BCUT2D eigenvalue weighted by atomic mass is 10.3. The molecule has 1 saturated heterocycles. The van der Waals surface area contributed by atoms with Gasteiger partial charge in [0.1, 0.15) is 18.2 Å². The molecule has 0 radical (unpaired) electrons. The summed E-state index contributed by atoms with van der Waals surface area (Å²) >= 11 is 0.